The van der Waals surface area contributed by atoms with Gasteiger partial charge in [-0.05, 0) is 79.4 Å². The quantitative estimate of drug-likeness (QED) is 0.357. The van der Waals surface area contributed by atoms with Gasteiger partial charge in [0, 0.05) is 41.5 Å². The molecule has 180 valence electrons. The van der Waals surface area contributed by atoms with Crippen molar-refractivity contribution in [1.82, 2.24) is 4.57 Å². The van der Waals surface area contributed by atoms with E-state index in [2.05, 4.69) is 4.57 Å². The number of carbonyl (C=O) groups is 1. The topological polar surface area (TPSA) is 60.7 Å². The maximum absolute atomic E-state index is 14.6. The van der Waals surface area contributed by atoms with Gasteiger partial charge in [0.2, 0.25) is 0 Å². The first-order valence-corrected chi connectivity index (χ1v) is 11.5. The first-order chi connectivity index (χ1) is 16.9. The van der Waals surface area contributed by atoms with Crippen LogP contribution in [0.15, 0.2) is 54.6 Å². The zero-order chi connectivity index (χ0) is 24.7. The van der Waals surface area contributed by atoms with Crippen LogP contribution in [0.1, 0.15) is 40.4 Å². The van der Waals surface area contributed by atoms with Gasteiger partial charge in [-0.3, -0.25) is 0 Å². The molecule has 0 atom stereocenters. The predicted octanol–water partition coefficient (Wildman–Crippen LogP) is 6.48. The van der Waals surface area contributed by atoms with Crippen LogP contribution in [0.2, 0.25) is 0 Å². The molecule has 2 heterocycles. The van der Waals surface area contributed by atoms with E-state index in [-0.39, 0.29) is 28.9 Å². The Morgan fingerprint density at radius 2 is 1.83 bits per heavy atom. The average Bonchev–Trinajstić information content (AvgIpc) is 3.20. The maximum Gasteiger partial charge on any atom is 0.339 e. The minimum absolute atomic E-state index is 0.0490. The summed E-state index contributed by atoms with van der Waals surface area (Å²) in [5.41, 5.74) is 4.62. The number of fused-ring (bicyclic) bond motifs is 1. The number of ether oxygens (including phenoxy) is 2. The van der Waals surface area contributed by atoms with Crippen molar-refractivity contribution in [3.8, 4) is 22.6 Å². The number of hydrogen-bond donors (Lipinski definition) is 1. The van der Waals surface area contributed by atoms with Gasteiger partial charge in [-0.2, -0.15) is 0 Å². The van der Waals surface area contributed by atoms with Crippen LogP contribution in [-0.4, -0.2) is 36.0 Å². The fourth-order valence-corrected chi connectivity index (χ4v) is 5.01. The minimum Gasteiger partial charge on any atom is -0.496 e. The summed E-state index contributed by atoms with van der Waals surface area (Å²) in [6, 6.07) is 14.5. The molecule has 0 radical (unpaired) electrons. The molecular formula is C28H25F2NO4. The van der Waals surface area contributed by atoms with Crippen molar-refractivity contribution in [3.63, 3.8) is 0 Å². The van der Waals surface area contributed by atoms with Crippen LogP contribution in [0.25, 0.3) is 27.7 Å². The van der Waals surface area contributed by atoms with E-state index in [9.17, 15) is 18.7 Å². The minimum atomic E-state index is -1.09. The Morgan fingerprint density at radius 3 is 2.51 bits per heavy atom. The lowest BCUT2D eigenvalue weighted by molar-refractivity contribution is 0.0693. The van der Waals surface area contributed by atoms with Crippen LogP contribution in [0.4, 0.5) is 8.78 Å². The van der Waals surface area contributed by atoms with Crippen molar-refractivity contribution in [3.05, 3.63) is 83.1 Å². The molecule has 0 unspecified atom stereocenters. The molecule has 35 heavy (non-hydrogen) atoms. The fraction of sp³-hybridized carbons (Fsp3) is 0.250. The lowest BCUT2D eigenvalue weighted by atomic mass is 9.89. The van der Waals surface area contributed by atoms with E-state index in [1.54, 1.807) is 37.3 Å². The van der Waals surface area contributed by atoms with Crippen molar-refractivity contribution >= 4 is 16.9 Å². The highest BCUT2D eigenvalue weighted by Crippen LogP contribution is 2.44. The number of carboxylic acid groups (broad SMARTS) is 1. The van der Waals surface area contributed by atoms with E-state index in [4.69, 9.17) is 9.47 Å². The molecule has 1 saturated heterocycles. The molecule has 0 spiro atoms. The zero-order valence-electron chi connectivity index (χ0n) is 19.5. The third-order valence-corrected chi connectivity index (χ3v) is 6.69. The number of aromatic nitrogens is 1. The Kier molecular flexibility index (Phi) is 6.03. The van der Waals surface area contributed by atoms with Crippen molar-refractivity contribution in [2.45, 2.75) is 25.7 Å². The largest absolute Gasteiger partial charge is 0.496 e. The van der Waals surface area contributed by atoms with Crippen LogP contribution in [-0.2, 0) is 4.74 Å². The van der Waals surface area contributed by atoms with Gasteiger partial charge < -0.3 is 19.1 Å². The van der Waals surface area contributed by atoms with E-state index < -0.39 is 5.97 Å². The zero-order valence-corrected chi connectivity index (χ0v) is 19.5. The molecule has 1 N–H and O–H groups in total. The molecule has 0 aliphatic carbocycles. The molecule has 1 aliphatic rings. The second-order valence-electron chi connectivity index (χ2n) is 8.80. The molecule has 4 aromatic rings. The molecule has 0 saturated carbocycles. The first kappa shape index (κ1) is 23.1. The Balaban J connectivity index is 1.87. The number of rotatable bonds is 5. The first-order valence-electron chi connectivity index (χ1n) is 11.5. The summed E-state index contributed by atoms with van der Waals surface area (Å²) in [6.07, 6.45) is 1.55. The number of hydrogen-bond acceptors (Lipinski definition) is 3. The van der Waals surface area contributed by atoms with Gasteiger partial charge in [-0.1, -0.05) is 6.07 Å². The molecule has 1 aromatic heterocycles. The summed E-state index contributed by atoms with van der Waals surface area (Å²) >= 11 is 0. The molecule has 5 rings (SSSR count). The van der Waals surface area contributed by atoms with Gasteiger partial charge in [0.25, 0.3) is 0 Å². The van der Waals surface area contributed by atoms with Crippen LogP contribution in [0, 0.1) is 18.6 Å². The standard InChI is InChI=1S/C28H25F2NO4/c1-16-13-20(5-7-23(16)30)31-24-8-4-19(29)15-22(24)26(27(31)17-9-11-35-12-10-17)18-3-6-21(28(32)33)25(14-18)34-2/h3-8,13-15,17H,9-12H2,1-2H3,(H,32,33). The number of aromatic carboxylic acids is 1. The lowest BCUT2D eigenvalue weighted by Gasteiger charge is -2.26. The predicted molar refractivity (Wildman–Crippen MR) is 130 cm³/mol. The highest BCUT2D eigenvalue weighted by Gasteiger charge is 2.29. The van der Waals surface area contributed by atoms with Gasteiger partial charge in [-0.15, -0.1) is 0 Å². The van der Waals surface area contributed by atoms with E-state index in [1.165, 1.54) is 31.4 Å². The third kappa shape index (κ3) is 4.06. The van der Waals surface area contributed by atoms with Crippen LogP contribution in [0.3, 0.4) is 0 Å². The van der Waals surface area contributed by atoms with Crippen molar-refractivity contribution in [1.29, 1.82) is 0 Å². The van der Waals surface area contributed by atoms with Crippen LogP contribution < -0.4 is 4.74 Å². The molecule has 3 aromatic carbocycles. The molecule has 7 heteroatoms. The van der Waals surface area contributed by atoms with Gasteiger partial charge in [0.15, 0.2) is 0 Å². The number of nitrogens with zero attached hydrogens (tertiary/aromatic N) is 1. The highest BCUT2D eigenvalue weighted by molar-refractivity contribution is 6.01. The van der Waals surface area contributed by atoms with Gasteiger partial charge >= 0.3 is 5.97 Å². The van der Waals surface area contributed by atoms with Gasteiger partial charge in [-0.25, -0.2) is 13.6 Å². The molecular weight excluding hydrogens is 452 g/mol. The summed E-state index contributed by atoms with van der Waals surface area (Å²) in [5.74, 6) is -1.43. The second-order valence-corrected chi connectivity index (χ2v) is 8.80. The van der Waals surface area contributed by atoms with Gasteiger partial charge in [0.1, 0.15) is 22.9 Å². The van der Waals surface area contributed by atoms with Crippen LogP contribution in [0.5, 0.6) is 5.75 Å². The van der Waals surface area contributed by atoms with Gasteiger partial charge in [0.05, 0.1) is 12.6 Å². The third-order valence-electron chi connectivity index (χ3n) is 6.69. The van der Waals surface area contributed by atoms with Crippen molar-refractivity contribution in [2.75, 3.05) is 20.3 Å². The summed E-state index contributed by atoms with van der Waals surface area (Å²) in [5, 5.41) is 10.2. The lowest BCUT2D eigenvalue weighted by Crippen LogP contribution is -2.17. The normalized spacial score (nSPS) is 14.4. The summed E-state index contributed by atoms with van der Waals surface area (Å²) < 4.78 is 41.8. The smallest absolute Gasteiger partial charge is 0.339 e. The Hall–Kier alpha value is -3.71. The summed E-state index contributed by atoms with van der Waals surface area (Å²) in [4.78, 5) is 11.7. The molecule has 1 fully saturated rings. The monoisotopic (exact) mass is 477 g/mol. The van der Waals surface area contributed by atoms with E-state index in [0.29, 0.717) is 24.2 Å². The maximum atomic E-state index is 14.6. The van der Waals surface area contributed by atoms with E-state index >= 15 is 0 Å². The Morgan fingerprint density at radius 1 is 1.06 bits per heavy atom. The molecule has 0 bridgehead atoms. The van der Waals surface area contributed by atoms with Crippen molar-refractivity contribution < 1.29 is 28.2 Å². The summed E-state index contributed by atoms with van der Waals surface area (Å²) in [6.45, 7) is 2.92. The molecule has 1 aliphatic heterocycles. The molecule has 5 nitrogen and oxygen atoms in total. The molecule has 0 amide bonds. The number of benzene rings is 3. The number of halogens is 2. The fourth-order valence-electron chi connectivity index (χ4n) is 5.01. The van der Waals surface area contributed by atoms with E-state index in [1.807, 2.05) is 0 Å². The van der Waals surface area contributed by atoms with E-state index in [0.717, 1.165) is 40.9 Å². The number of aryl methyl sites for hydroxylation is 1. The SMILES string of the molecule is COc1cc(-c2c(C3CCOCC3)n(-c3ccc(F)c(C)c3)c3ccc(F)cc23)ccc1C(=O)O. The highest BCUT2D eigenvalue weighted by atomic mass is 19.1. The van der Waals surface area contributed by atoms with Crippen molar-refractivity contribution in [2.24, 2.45) is 0 Å². The average molecular weight is 478 g/mol. The Bertz CT molecular complexity index is 1440. The van der Waals surface area contributed by atoms with Crippen LogP contribution >= 0.6 is 0 Å². The second kappa shape index (κ2) is 9.15. The number of methoxy groups -OCH3 is 1. The Labute approximate surface area is 201 Å². The summed E-state index contributed by atoms with van der Waals surface area (Å²) in [7, 11) is 1.43. The number of carboxylic acids is 1.